The van der Waals surface area contributed by atoms with Crippen LogP contribution in [0.4, 0.5) is 0 Å². The van der Waals surface area contributed by atoms with Crippen molar-refractivity contribution in [3.63, 3.8) is 0 Å². The zero-order chi connectivity index (χ0) is 12.4. The summed E-state index contributed by atoms with van der Waals surface area (Å²) < 4.78 is 5.25. The van der Waals surface area contributed by atoms with Crippen molar-refractivity contribution in [3.8, 4) is 0 Å². The van der Waals surface area contributed by atoms with Crippen LogP contribution in [0.5, 0.6) is 0 Å². The Morgan fingerprint density at radius 3 is 2.82 bits per heavy atom. The van der Waals surface area contributed by atoms with Crippen LogP contribution in [0.15, 0.2) is 32.7 Å². The van der Waals surface area contributed by atoms with Gasteiger partial charge in [-0.25, -0.2) is 0 Å². The number of hydrogen-bond acceptors (Lipinski definition) is 5. The number of rotatable bonds is 3. The topological polar surface area (TPSA) is 88.8 Å². The van der Waals surface area contributed by atoms with Crippen LogP contribution in [0.3, 0.4) is 0 Å². The predicted octanol–water partition coefficient (Wildman–Crippen LogP) is 2.47. The van der Waals surface area contributed by atoms with Gasteiger partial charge in [0.2, 0.25) is 5.89 Å². The molecule has 0 radical (unpaired) electrons. The van der Waals surface area contributed by atoms with E-state index in [1.165, 1.54) is 11.8 Å². The number of nitrogen functional groups attached to an aromatic ring is 1. The maximum atomic E-state index is 7.47. The Morgan fingerprint density at radius 2 is 2.24 bits per heavy atom. The molecule has 17 heavy (non-hydrogen) atoms. The second kappa shape index (κ2) is 4.77. The molecule has 3 N–H and O–H groups in total. The molecule has 0 aliphatic heterocycles. The molecule has 7 heteroatoms. The van der Waals surface area contributed by atoms with Crippen molar-refractivity contribution in [3.05, 3.63) is 34.7 Å². The molecule has 1 aromatic carbocycles. The first-order valence-corrected chi connectivity index (χ1v) is 5.87. The summed E-state index contributed by atoms with van der Waals surface area (Å²) in [5, 5.41) is 16.0. The lowest BCUT2D eigenvalue weighted by Gasteiger charge is -2.05. The SMILES string of the molecule is Cc1nnc(Sc2cc(Cl)ccc2C(=N)N)o1. The van der Waals surface area contributed by atoms with Gasteiger partial charge in [-0.1, -0.05) is 11.6 Å². The zero-order valence-corrected chi connectivity index (χ0v) is 10.5. The van der Waals surface area contributed by atoms with Crippen LogP contribution in [0.2, 0.25) is 5.02 Å². The Balaban J connectivity index is 2.37. The molecule has 0 spiro atoms. The third kappa shape index (κ3) is 2.78. The van der Waals surface area contributed by atoms with Gasteiger partial charge in [-0.05, 0) is 30.0 Å². The van der Waals surface area contributed by atoms with Gasteiger partial charge in [0.15, 0.2) is 0 Å². The van der Waals surface area contributed by atoms with Crippen LogP contribution >= 0.6 is 23.4 Å². The van der Waals surface area contributed by atoms with E-state index in [-0.39, 0.29) is 5.84 Å². The van der Waals surface area contributed by atoms with Crippen LogP contribution in [-0.4, -0.2) is 16.0 Å². The van der Waals surface area contributed by atoms with Crippen LogP contribution in [0.1, 0.15) is 11.5 Å². The standard InChI is InChI=1S/C10H9ClN4OS/c1-5-14-15-10(16-5)17-8-4-6(11)2-3-7(8)9(12)13/h2-4H,1H3,(H3,12,13). The molecule has 0 saturated heterocycles. The molecule has 88 valence electrons. The molecule has 0 atom stereocenters. The first kappa shape index (κ1) is 11.9. The van der Waals surface area contributed by atoms with Crippen molar-refractivity contribution in [2.45, 2.75) is 17.0 Å². The number of benzene rings is 1. The lowest BCUT2D eigenvalue weighted by molar-refractivity contribution is 0.429. The second-order valence-corrected chi connectivity index (χ2v) is 4.67. The Bertz CT molecular complexity index is 569. The lowest BCUT2D eigenvalue weighted by Crippen LogP contribution is -2.12. The number of halogens is 1. The third-order valence-corrected chi connectivity index (χ3v) is 3.07. The van der Waals surface area contributed by atoms with E-state index in [0.29, 0.717) is 26.6 Å². The van der Waals surface area contributed by atoms with Crippen molar-refractivity contribution < 1.29 is 4.42 Å². The monoisotopic (exact) mass is 268 g/mol. The molecule has 0 amide bonds. The average Bonchev–Trinajstić information content (AvgIpc) is 2.63. The summed E-state index contributed by atoms with van der Waals surface area (Å²) in [4.78, 5) is 0.716. The molecule has 0 aliphatic rings. The highest BCUT2D eigenvalue weighted by Crippen LogP contribution is 2.31. The summed E-state index contributed by atoms with van der Waals surface area (Å²) in [5.41, 5.74) is 6.08. The van der Waals surface area contributed by atoms with Crippen molar-refractivity contribution in [2.75, 3.05) is 0 Å². The average molecular weight is 269 g/mol. The van der Waals surface area contributed by atoms with Crippen molar-refractivity contribution in [1.29, 1.82) is 5.41 Å². The second-order valence-electron chi connectivity index (χ2n) is 3.24. The van der Waals surface area contributed by atoms with E-state index in [9.17, 15) is 0 Å². The van der Waals surface area contributed by atoms with Gasteiger partial charge in [0.1, 0.15) is 5.84 Å². The van der Waals surface area contributed by atoms with Gasteiger partial charge in [-0.15, -0.1) is 10.2 Å². The van der Waals surface area contributed by atoms with Gasteiger partial charge in [-0.3, -0.25) is 5.41 Å². The van der Waals surface area contributed by atoms with Gasteiger partial charge in [0.25, 0.3) is 5.22 Å². The number of amidine groups is 1. The van der Waals surface area contributed by atoms with E-state index in [2.05, 4.69) is 10.2 Å². The molecule has 5 nitrogen and oxygen atoms in total. The molecule has 0 unspecified atom stereocenters. The number of nitrogens with zero attached hydrogens (tertiary/aromatic N) is 2. The number of aryl methyl sites for hydroxylation is 1. The Kier molecular flexibility index (Phi) is 3.35. The Labute approximate surface area is 107 Å². The maximum Gasteiger partial charge on any atom is 0.281 e. The third-order valence-electron chi connectivity index (χ3n) is 1.94. The quantitative estimate of drug-likeness (QED) is 0.659. The van der Waals surface area contributed by atoms with Crippen LogP contribution in [0.25, 0.3) is 0 Å². The summed E-state index contributed by atoms with van der Waals surface area (Å²) in [5.74, 6) is 0.458. The minimum Gasteiger partial charge on any atom is -0.416 e. The largest absolute Gasteiger partial charge is 0.416 e. The Morgan fingerprint density at radius 1 is 1.47 bits per heavy atom. The van der Waals surface area contributed by atoms with E-state index in [1.54, 1.807) is 25.1 Å². The molecular formula is C10H9ClN4OS. The van der Waals surface area contributed by atoms with Gasteiger partial charge in [0.05, 0.1) is 0 Å². The van der Waals surface area contributed by atoms with Crippen molar-refractivity contribution >= 4 is 29.2 Å². The van der Waals surface area contributed by atoms with Gasteiger partial charge >= 0.3 is 0 Å². The number of hydrogen-bond donors (Lipinski definition) is 2. The van der Waals surface area contributed by atoms with Crippen LogP contribution < -0.4 is 5.73 Å². The highest BCUT2D eigenvalue weighted by Gasteiger charge is 2.11. The molecule has 1 heterocycles. The molecule has 2 rings (SSSR count). The minimum atomic E-state index is -0.0274. The number of nitrogens with two attached hydrogens (primary N) is 1. The smallest absolute Gasteiger partial charge is 0.281 e. The van der Waals surface area contributed by atoms with E-state index >= 15 is 0 Å². The fourth-order valence-corrected chi connectivity index (χ4v) is 2.36. The van der Waals surface area contributed by atoms with Crippen LogP contribution in [0, 0.1) is 12.3 Å². The fourth-order valence-electron chi connectivity index (χ4n) is 1.22. The first-order valence-electron chi connectivity index (χ1n) is 4.68. The normalized spacial score (nSPS) is 10.5. The molecule has 0 saturated carbocycles. The zero-order valence-electron chi connectivity index (χ0n) is 8.90. The summed E-state index contributed by atoms with van der Waals surface area (Å²) in [6.45, 7) is 1.71. The van der Waals surface area contributed by atoms with E-state index in [0.717, 1.165) is 0 Å². The molecule has 0 aliphatic carbocycles. The maximum absolute atomic E-state index is 7.47. The molecule has 1 aromatic heterocycles. The summed E-state index contributed by atoms with van der Waals surface area (Å²) in [6, 6.07) is 5.08. The first-order chi connectivity index (χ1) is 8.06. The molecular weight excluding hydrogens is 260 g/mol. The number of aromatic nitrogens is 2. The summed E-state index contributed by atoms with van der Waals surface area (Å²) in [7, 11) is 0. The van der Waals surface area contributed by atoms with Crippen molar-refractivity contribution in [1.82, 2.24) is 10.2 Å². The molecule has 0 fully saturated rings. The highest BCUT2D eigenvalue weighted by molar-refractivity contribution is 7.99. The highest BCUT2D eigenvalue weighted by atomic mass is 35.5. The lowest BCUT2D eigenvalue weighted by atomic mass is 10.2. The van der Waals surface area contributed by atoms with E-state index in [4.69, 9.17) is 27.2 Å². The van der Waals surface area contributed by atoms with Crippen molar-refractivity contribution in [2.24, 2.45) is 5.73 Å². The van der Waals surface area contributed by atoms with Gasteiger partial charge in [-0.2, -0.15) is 0 Å². The van der Waals surface area contributed by atoms with Crippen LogP contribution in [-0.2, 0) is 0 Å². The predicted molar refractivity (Wildman–Crippen MR) is 65.6 cm³/mol. The van der Waals surface area contributed by atoms with Gasteiger partial charge in [0, 0.05) is 22.4 Å². The summed E-state index contributed by atoms with van der Waals surface area (Å²) >= 11 is 7.13. The molecule has 0 bridgehead atoms. The summed E-state index contributed by atoms with van der Waals surface area (Å²) in [6.07, 6.45) is 0. The molecule has 2 aromatic rings. The minimum absolute atomic E-state index is 0.0274. The fraction of sp³-hybridized carbons (Fsp3) is 0.100. The Hall–Kier alpha value is -1.53. The van der Waals surface area contributed by atoms with E-state index in [1.807, 2.05) is 0 Å². The number of nitrogens with one attached hydrogen (secondary N) is 1. The van der Waals surface area contributed by atoms with Gasteiger partial charge < -0.3 is 10.2 Å². The van der Waals surface area contributed by atoms with E-state index < -0.39 is 0 Å².